The van der Waals surface area contributed by atoms with Crippen LogP contribution in [0.2, 0.25) is 0 Å². The molecule has 1 aliphatic rings. The Morgan fingerprint density at radius 1 is 1.38 bits per heavy atom. The molecule has 0 bridgehead atoms. The molecule has 1 saturated carbocycles. The maximum atomic E-state index is 5.29. The molecule has 2 nitrogen and oxygen atoms in total. The van der Waals surface area contributed by atoms with Crippen molar-refractivity contribution in [1.82, 2.24) is 5.32 Å². The highest BCUT2D eigenvalue weighted by molar-refractivity contribution is 5.37. The van der Waals surface area contributed by atoms with Gasteiger partial charge in [-0.05, 0) is 49.9 Å². The fraction of sp³-hybridized carbons (Fsp3) is 0.571. The van der Waals surface area contributed by atoms with E-state index in [1.165, 1.54) is 30.4 Å². The fourth-order valence-electron chi connectivity index (χ4n) is 2.54. The molecule has 1 N–H and O–H groups in total. The second-order valence-electron chi connectivity index (χ2n) is 4.69. The number of rotatable bonds is 4. The van der Waals surface area contributed by atoms with Gasteiger partial charge in [0, 0.05) is 6.04 Å². The van der Waals surface area contributed by atoms with Gasteiger partial charge in [-0.2, -0.15) is 0 Å². The Balaban J connectivity index is 2.21. The summed E-state index contributed by atoms with van der Waals surface area (Å²) in [6.45, 7) is 2.11. The smallest absolute Gasteiger partial charge is 0.121 e. The average molecular weight is 219 g/mol. The molecular formula is C14H21NO. The maximum Gasteiger partial charge on any atom is 0.121 e. The molecule has 1 aromatic rings. The van der Waals surface area contributed by atoms with Gasteiger partial charge in [0.05, 0.1) is 7.11 Å². The molecule has 2 heteroatoms. The second-order valence-corrected chi connectivity index (χ2v) is 4.69. The Labute approximate surface area is 98.0 Å². The predicted molar refractivity (Wildman–Crippen MR) is 66.9 cm³/mol. The molecule has 1 aromatic carbocycles. The minimum atomic E-state index is 0.512. The summed E-state index contributed by atoms with van der Waals surface area (Å²) in [5, 5.41) is 3.44. The first-order chi connectivity index (χ1) is 7.76. The number of nitrogens with one attached hydrogen (secondary N) is 1. The van der Waals surface area contributed by atoms with E-state index in [0.29, 0.717) is 6.04 Å². The van der Waals surface area contributed by atoms with E-state index in [1.54, 1.807) is 7.11 Å². The molecule has 0 aliphatic heterocycles. The Kier molecular flexibility index (Phi) is 3.49. The van der Waals surface area contributed by atoms with Crippen molar-refractivity contribution in [2.75, 3.05) is 14.2 Å². The van der Waals surface area contributed by atoms with Crippen molar-refractivity contribution in [3.8, 4) is 5.75 Å². The van der Waals surface area contributed by atoms with Crippen molar-refractivity contribution in [1.29, 1.82) is 0 Å². The summed E-state index contributed by atoms with van der Waals surface area (Å²) in [7, 11) is 3.78. The van der Waals surface area contributed by atoms with Crippen molar-refractivity contribution in [3.05, 3.63) is 29.3 Å². The van der Waals surface area contributed by atoms with Crippen LogP contribution in [0.5, 0.6) is 5.75 Å². The first kappa shape index (κ1) is 11.5. The third kappa shape index (κ3) is 2.07. The summed E-state index contributed by atoms with van der Waals surface area (Å²) in [5.74, 6) is 1.80. The van der Waals surface area contributed by atoms with Gasteiger partial charge in [0.2, 0.25) is 0 Å². The third-order valence-corrected chi connectivity index (χ3v) is 3.71. The lowest BCUT2D eigenvalue weighted by atomic mass is 9.77. The van der Waals surface area contributed by atoms with Gasteiger partial charge in [-0.1, -0.05) is 18.6 Å². The quantitative estimate of drug-likeness (QED) is 0.840. The molecule has 0 amide bonds. The van der Waals surface area contributed by atoms with Crippen molar-refractivity contribution in [2.24, 2.45) is 5.92 Å². The molecule has 0 spiro atoms. The number of hydrogen-bond donors (Lipinski definition) is 1. The van der Waals surface area contributed by atoms with Crippen molar-refractivity contribution >= 4 is 0 Å². The largest absolute Gasteiger partial charge is 0.496 e. The van der Waals surface area contributed by atoms with E-state index in [1.807, 2.05) is 0 Å². The van der Waals surface area contributed by atoms with Crippen molar-refractivity contribution < 1.29 is 4.74 Å². The Morgan fingerprint density at radius 2 is 2.12 bits per heavy atom. The van der Waals surface area contributed by atoms with E-state index in [0.717, 1.165) is 11.7 Å². The van der Waals surface area contributed by atoms with Crippen LogP contribution in [0.4, 0.5) is 0 Å². The molecule has 0 saturated heterocycles. The predicted octanol–water partition coefficient (Wildman–Crippen LogP) is 3.06. The van der Waals surface area contributed by atoms with Crippen LogP contribution in [0.15, 0.2) is 18.2 Å². The van der Waals surface area contributed by atoms with Gasteiger partial charge in [-0.25, -0.2) is 0 Å². The molecule has 1 atom stereocenters. The van der Waals surface area contributed by atoms with E-state index in [4.69, 9.17) is 4.74 Å². The van der Waals surface area contributed by atoms with Crippen LogP contribution in [-0.4, -0.2) is 14.2 Å². The van der Waals surface area contributed by atoms with E-state index >= 15 is 0 Å². The van der Waals surface area contributed by atoms with Crippen LogP contribution in [0.25, 0.3) is 0 Å². The van der Waals surface area contributed by atoms with Gasteiger partial charge in [0.15, 0.2) is 0 Å². The summed E-state index contributed by atoms with van der Waals surface area (Å²) < 4.78 is 5.29. The summed E-state index contributed by atoms with van der Waals surface area (Å²) in [4.78, 5) is 0. The average Bonchev–Trinajstić information content (AvgIpc) is 2.23. The van der Waals surface area contributed by atoms with Crippen LogP contribution in [0.1, 0.15) is 36.4 Å². The molecule has 1 fully saturated rings. The van der Waals surface area contributed by atoms with Gasteiger partial charge in [-0.15, -0.1) is 0 Å². The van der Waals surface area contributed by atoms with E-state index < -0.39 is 0 Å². The number of methoxy groups -OCH3 is 1. The minimum Gasteiger partial charge on any atom is -0.496 e. The standard InChI is InChI=1S/C14H21NO/c1-10-9-12(7-8-13(10)16-3)14(15-2)11-5-4-6-11/h7-9,11,14-15H,4-6H2,1-3H3. The van der Waals surface area contributed by atoms with E-state index in [9.17, 15) is 0 Å². The SMILES string of the molecule is CNC(c1ccc(OC)c(C)c1)C1CCC1. The zero-order valence-electron chi connectivity index (χ0n) is 10.4. The normalized spacial score (nSPS) is 17.9. The molecule has 88 valence electrons. The maximum absolute atomic E-state index is 5.29. The highest BCUT2D eigenvalue weighted by atomic mass is 16.5. The van der Waals surface area contributed by atoms with Gasteiger partial charge >= 0.3 is 0 Å². The van der Waals surface area contributed by atoms with Crippen molar-refractivity contribution in [3.63, 3.8) is 0 Å². The van der Waals surface area contributed by atoms with Crippen LogP contribution >= 0.6 is 0 Å². The zero-order chi connectivity index (χ0) is 11.5. The number of benzene rings is 1. The summed E-state index contributed by atoms with van der Waals surface area (Å²) in [6, 6.07) is 7.02. The van der Waals surface area contributed by atoms with Crippen LogP contribution < -0.4 is 10.1 Å². The summed E-state index contributed by atoms with van der Waals surface area (Å²) in [5.41, 5.74) is 2.62. The number of aryl methyl sites for hydroxylation is 1. The lowest BCUT2D eigenvalue weighted by Crippen LogP contribution is -2.29. The Morgan fingerprint density at radius 3 is 2.56 bits per heavy atom. The highest BCUT2D eigenvalue weighted by Crippen LogP contribution is 2.38. The molecule has 2 rings (SSSR count). The van der Waals surface area contributed by atoms with Crippen molar-refractivity contribution in [2.45, 2.75) is 32.2 Å². The fourth-order valence-corrected chi connectivity index (χ4v) is 2.54. The lowest BCUT2D eigenvalue weighted by Gasteiger charge is -2.34. The van der Waals surface area contributed by atoms with Crippen LogP contribution in [0, 0.1) is 12.8 Å². The highest BCUT2D eigenvalue weighted by Gasteiger charge is 2.27. The monoisotopic (exact) mass is 219 g/mol. The number of ether oxygens (including phenoxy) is 1. The van der Waals surface area contributed by atoms with Crippen LogP contribution in [-0.2, 0) is 0 Å². The van der Waals surface area contributed by atoms with E-state index in [2.05, 4.69) is 37.5 Å². The molecule has 1 aliphatic carbocycles. The molecular weight excluding hydrogens is 198 g/mol. The second kappa shape index (κ2) is 4.88. The lowest BCUT2D eigenvalue weighted by molar-refractivity contribution is 0.239. The first-order valence-corrected chi connectivity index (χ1v) is 6.08. The van der Waals surface area contributed by atoms with E-state index in [-0.39, 0.29) is 0 Å². The van der Waals surface area contributed by atoms with Gasteiger partial charge in [0.1, 0.15) is 5.75 Å². The molecule has 1 unspecified atom stereocenters. The molecule has 16 heavy (non-hydrogen) atoms. The molecule has 0 aromatic heterocycles. The summed E-state index contributed by atoms with van der Waals surface area (Å²) in [6.07, 6.45) is 4.10. The van der Waals surface area contributed by atoms with Gasteiger partial charge < -0.3 is 10.1 Å². The Bertz CT molecular complexity index is 358. The molecule has 0 radical (unpaired) electrons. The Hall–Kier alpha value is -1.02. The van der Waals surface area contributed by atoms with Gasteiger partial charge in [0.25, 0.3) is 0 Å². The summed E-state index contributed by atoms with van der Waals surface area (Å²) >= 11 is 0. The van der Waals surface area contributed by atoms with Gasteiger partial charge in [-0.3, -0.25) is 0 Å². The molecule has 0 heterocycles. The van der Waals surface area contributed by atoms with Crippen LogP contribution in [0.3, 0.4) is 0 Å². The first-order valence-electron chi connectivity index (χ1n) is 6.08. The minimum absolute atomic E-state index is 0.512. The topological polar surface area (TPSA) is 21.3 Å². The third-order valence-electron chi connectivity index (χ3n) is 3.71. The number of hydrogen-bond acceptors (Lipinski definition) is 2. The zero-order valence-corrected chi connectivity index (χ0v) is 10.4.